The van der Waals surface area contributed by atoms with Crippen LogP contribution in [0.15, 0.2) is 6.20 Å². The second-order valence-electron chi connectivity index (χ2n) is 2.66. The van der Waals surface area contributed by atoms with Gasteiger partial charge >= 0.3 is 6.18 Å². The first-order valence-electron chi connectivity index (χ1n) is 3.73. The fourth-order valence-corrected chi connectivity index (χ4v) is 1.34. The lowest BCUT2D eigenvalue weighted by Gasteiger charge is -2.11. The molecule has 0 aliphatic heterocycles. The first-order chi connectivity index (χ1) is 7.29. The maximum atomic E-state index is 12.4. The zero-order valence-electron chi connectivity index (χ0n) is 7.32. The number of hydrogen-bond donors (Lipinski definition) is 0. The van der Waals surface area contributed by atoms with E-state index >= 15 is 0 Å². The minimum atomic E-state index is -4.94. The number of halogens is 6. The van der Waals surface area contributed by atoms with Crippen molar-refractivity contribution in [1.82, 2.24) is 4.98 Å². The average Bonchev–Trinajstić information content (AvgIpc) is 2.14. The molecular weight excluding hydrogens is 255 g/mol. The summed E-state index contributed by atoms with van der Waals surface area (Å²) in [5.41, 5.74) is -3.44. The molecule has 0 aliphatic rings. The van der Waals surface area contributed by atoms with Gasteiger partial charge in [0.1, 0.15) is 6.07 Å². The summed E-state index contributed by atoms with van der Waals surface area (Å²) in [4.78, 5) is 2.85. The first-order valence-corrected chi connectivity index (χ1v) is 4.10. The molecule has 0 N–H and O–H groups in total. The molecule has 0 saturated heterocycles. The lowest BCUT2D eigenvalue weighted by atomic mass is 10.1. The van der Waals surface area contributed by atoms with Crippen molar-refractivity contribution in [3.63, 3.8) is 0 Å². The Balaban J connectivity index is 3.52. The van der Waals surface area contributed by atoms with Crippen LogP contribution in [0.5, 0.6) is 0 Å². The molecule has 16 heavy (non-hydrogen) atoms. The Morgan fingerprint density at radius 3 is 2.31 bits per heavy atom. The lowest BCUT2D eigenvalue weighted by molar-refractivity contribution is -0.141. The summed E-state index contributed by atoms with van der Waals surface area (Å²) < 4.78 is 61.6. The van der Waals surface area contributed by atoms with Crippen LogP contribution in [0.2, 0.25) is 5.02 Å². The van der Waals surface area contributed by atoms with Gasteiger partial charge in [0, 0.05) is 6.20 Å². The molecule has 0 amide bonds. The standard InChI is InChI=1S/C8H2ClF5N2/c9-5-4(7(10)11)3(1-15)2-16-6(5)8(12,13)14/h2,7H. The van der Waals surface area contributed by atoms with Crippen LogP contribution in [0, 0.1) is 11.3 Å². The van der Waals surface area contributed by atoms with Crippen molar-refractivity contribution in [2.45, 2.75) is 12.6 Å². The highest BCUT2D eigenvalue weighted by Gasteiger charge is 2.38. The highest BCUT2D eigenvalue weighted by Crippen LogP contribution is 2.38. The van der Waals surface area contributed by atoms with Crippen molar-refractivity contribution < 1.29 is 22.0 Å². The molecule has 0 fully saturated rings. The molecule has 8 heteroatoms. The van der Waals surface area contributed by atoms with Crippen LogP contribution in [0.25, 0.3) is 0 Å². The summed E-state index contributed by atoms with van der Waals surface area (Å²) in [6.45, 7) is 0. The van der Waals surface area contributed by atoms with E-state index in [1.165, 1.54) is 6.07 Å². The molecule has 0 saturated carbocycles. The summed E-state index contributed by atoms with van der Waals surface area (Å²) >= 11 is 5.16. The number of nitrogens with zero attached hydrogens (tertiary/aromatic N) is 2. The highest BCUT2D eigenvalue weighted by atomic mass is 35.5. The minimum absolute atomic E-state index is 0.427. The summed E-state index contributed by atoms with van der Waals surface area (Å²) in [6, 6.07) is 1.30. The third-order valence-electron chi connectivity index (χ3n) is 1.66. The van der Waals surface area contributed by atoms with Gasteiger partial charge < -0.3 is 0 Å². The first kappa shape index (κ1) is 12.6. The summed E-state index contributed by atoms with van der Waals surface area (Å²) in [5.74, 6) is 0. The quantitative estimate of drug-likeness (QED) is 0.720. The van der Waals surface area contributed by atoms with Crippen LogP contribution in [-0.4, -0.2) is 4.98 Å². The zero-order chi connectivity index (χ0) is 12.5. The van der Waals surface area contributed by atoms with Crippen molar-refractivity contribution in [3.05, 3.63) is 28.0 Å². The smallest absolute Gasteiger partial charge is 0.249 e. The van der Waals surface area contributed by atoms with Crippen molar-refractivity contribution in [2.24, 2.45) is 0 Å². The molecule has 0 atom stereocenters. The molecule has 1 rings (SSSR count). The van der Waals surface area contributed by atoms with E-state index in [0.29, 0.717) is 6.20 Å². The third kappa shape index (κ3) is 2.22. The van der Waals surface area contributed by atoms with Gasteiger partial charge in [-0.2, -0.15) is 18.4 Å². The van der Waals surface area contributed by atoms with Crippen molar-refractivity contribution >= 4 is 11.6 Å². The number of nitriles is 1. The summed E-state index contributed by atoms with van der Waals surface area (Å²) in [5, 5.41) is 7.19. The van der Waals surface area contributed by atoms with E-state index in [1.54, 1.807) is 0 Å². The van der Waals surface area contributed by atoms with Gasteiger partial charge in [-0.15, -0.1) is 0 Å². The molecule has 0 aliphatic carbocycles. The van der Waals surface area contributed by atoms with E-state index in [2.05, 4.69) is 4.98 Å². The van der Waals surface area contributed by atoms with Gasteiger partial charge in [0.05, 0.1) is 16.1 Å². The van der Waals surface area contributed by atoms with Crippen LogP contribution in [0.1, 0.15) is 23.2 Å². The van der Waals surface area contributed by atoms with Gasteiger partial charge in [-0.25, -0.2) is 13.8 Å². The molecule has 1 aromatic rings. The maximum absolute atomic E-state index is 12.4. The molecule has 2 nitrogen and oxygen atoms in total. The van der Waals surface area contributed by atoms with Crippen LogP contribution >= 0.6 is 11.6 Å². The molecule has 0 radical (unpaired) electrons. The summed E-state index contributed by atoms with van der Waals surface area (Å²) in [6.07, 6.45) is -7.78. The Hall–Kier alpha value is -1.42. The Morgan fingerprint density at radius 1 is 1.38 bits per heavy atom. The van der Waals surface area contributed by atoms with Crippen LogP contribution in [-0.2, 0) is 6.18 Å². The van der Waals surface area contributed by atoms with Crippen molar-refractivity contribution in [3.8, 4) is 6.07 Å². The van der Waals surface area contributed by atoms with Gasteiger partial charge in [-0.1, -0.05) is 11.6 Å². The van der Waals surface area contributed by atoms with Crippen LogP contribution in [0.3, 0.4) is 0 Å². The lowest BCUT2D eigenvalue weighted by Crippen LogP contribution is -2.11. The second kappa shape index (κ2) is 4.22. The van der Waals surface area contributed by atoms with Gasteiger partial charge in [0.25, 0.3) is 6.43 Å². The number of alkyl halides is 5. The van der Waals surface area contributed by atoms with Crippen LogP contribution < -0.4 is 0 Å². The summed E-state index contributed by atoms with van der Waals surface area (Å²) in [7, 11) is 0. The predicted molar refractivity (Wildman–Crippen MR) is 43.9 cm³/mol. The molecule has 86 valence electrons. The Labute approximate surface area is 91.3 Å². The molecule has 0 unspecified atom stereocenters. The number of aromatic nitrogens is 1. The molecule has 0 spiro atoms. The van der Waals surface area contributed by atoms with Gasteiger partial charge in [0.15, 0.2) is 5.69 Å². The molecule has 0 bridgehead atoms. The van der Waals surface area contributed by atoms with Crippen molar-refractivity contribution in [2.75, 3.05) is 0 Å². The second-order valence-corrected chi connectivity index (χ2v) is 3.04. The Kier molecular flexibility index (Phi) is 3.33. The number of rotatable bonds is 1. The fraction of sp³-hybridized carbons (Fsp3) is 0.250. The van der Waals surface area contributed by atoms with Gasteiger partial charge in [0.2, 0.25) is 0 Å². The van der Waals surface area contributed by atoms with Gasteiger partial charge in [-0.05, 0) is 0 Å². The van der Waals surface area contributed by atoms with E-state index in [-0.39, 0.29) is 0 Å². The zero-order valence-corrected chi connectivity index (χ0v) is 8.07. The highest BCUT2D eigenvalue weighted by molar-refractivity contribution is 6.32. The third-order valence-corrected chi connectivity index (χ3v) is 2.05. The Morgan fingerprint density at radius 2 is 1.94 bits per heavy atom. The van der Waals surface area contributed by atoms with Crippen molar-refractivity contribution in [1.29, 1.82) is 5.26 Å². The molecular formula is C8H2ClF5N2. The SMILES string of the molecule is N#Cc1cnc(C(F)(F)F)c(Cl)c1C(F)F. The predicted octanol–water partition coefficient (Wildman–Crippen LogP) is 3.56. The van der Waals surface area contributed by atoms with Crippen LogP contribution in [0.4, 0.5) is 22.0 Å². The van der Waals surface area contributed by atoms with E-state index in [9.17, 15) is 22.0 Å². The average molecular weight is 257 g/mol. The largest absolute Gasteiger partial charge is 0.434 e. The normalized spacial score (nSPS) is 11.6. The molecule has 1 heterocycles. The Bertz CT molecular complexity index is 449. The minimum Gasteiger partial charge on any atom is -0.249 e. The maximum Gasteiger partial charge on any atom is 0.434 e. The monoisotopic (exact) mass is 256 g/mol. The van der Waals surface area contributed by atoms with E-state index < -0.39 is 34.4 Å². The van der Waals surface area contributed by atoms with E-state index in [4.69, 9.17) is 16.9 Å². The molecule has 0 aromatic carbocycles. The number of hydrogen-bond acceptors (Lipinski definition) is 2. The topological polar surface area (TPSA) is 36.7 Å². The fourth-order valence-electron chi connectivity index (χ4n) is 1.00. The van der Waals surface area contributed by atoms with E-state index in [1.807, 2.05) is 0 Å². The van der Waals surface area contributed by atoms with E-state index in [0.717, 1.165) is 0 Å². The number of pyridine rings is 1. The van der Waals surface area contributed by atoms with Gasteiger partial charge in [-0.3, -0.25) is 0 Å². The molecule has 1 aromatic heterocycles.